The molecule has 0 radical (unpaired) electrons. The molecule has 1 aliphatic carbocycles. The van der Waals surface area contributed by atoms with Crippen molar-refractivity contribution in [1.82, 2.24) is 0 Å². The summed E-state index contributed by atoms with van der Waals surface area (Å²) in [6, 6.07) is 0. The molecule has 0 heteroatoms. The summed E-state index contributed by atoms with van der Waals surface area (Å²) in [5, 5.41) is 0. The lowest BCUT2D eigenvalue weighted by atomic mass is 10.0. The second-order valence-corrected chi connectivity index (χ2v) is 2.52. The van der Waals surface area contributed by atoms with Crippen molar-refractivity contribution < 1.29 is 0 Å². The van der Waals surface area contributed by atoms with E-state index < -0.39 is 0 Å². The molecule has 0 atom stereocenters. The second-order valence-electron chi connectivity index (χ2n) is 2.52. The Labute approximate surface area is 85.8 Å². The zero-order chi connectivity index (χ0) is 10.9. The Morgan fingerprint density at radius 3 is 1.15 bits per heavy atom. The molecule has 1 fully saturated rings. The van der Waals surface area contributed by atoms with Gasteiger partial charge in [0.15, 0.2) is 0 Å². The molecule has 0 nitrogen and oxygen atoms in total. The largest absolute Gasteiger partial charge is 0.103 e. The zero-order valence-corrected chi connectivity index (χ0v) is 10.1. The number of hydrogen-bond donors (Lipinski definition) is 0. The molecular formula is C13H28. The van der Waals surface area contributed by atoms with E-state index in [1.165, 1.54) is 25.7 Å². The third-order valence-electron chi connectivity index (χ3n) is 1.29. The maximum absolute atomic E-state index is 3.48. The van der Waals surface area contributed by atoms with E-state index in [-0.39, 0.29) is 0 Å². The smallest absolute Gasteiger partial charge is 0.0382 e. The van der Waals surface area contributed by atoms with Crippen molar-refractivity contribution >= 4 is 0 Å². The van der Waals surface area contributed by atoms with Gasteiger partial charge in [0.05, 0.1) is 0 Å². The van der Waals surface area contributed by atoms with E-state index in [1.54, 1.807) is 6.08 Å². The van der Waals surface area contributed by atoms with E-state index in [0.29, 0.717) is 0 Å². The molecule has 0 aromatic carbocycles. The molecule has 0 aromatic rings. The summed E-state index contributed by atoms with van der Waals surface area (Å²) in [7, 11) is 0. The Morgan fingerprint density at radius 1 is 1.00 bits per heavy atom. The Bertz CT molecular complexity index is 64.1. The van der Waals surface area contributed by atoms with Crippen LogP contribution in [-0.4, -0.2) is 0 Å². The average molecular weight is 184 g/mol. The van der Waals surface area contributed by atoms with Crippen molar-refractivity contribution in [3.05, 3.63) is 25.3 Å². The number of rotatable bonds is 1. The third kappa shape index (κ3) is 51.4. The van der Waals surface area contributed by atoms with Crippen molar-refractivity contribution in [2.24, 2.45) is 0 Å². The molecule has 0 unspecified atom stereocenters. The van der Waals surface area contributed by atoms with Gasteiger partial charge in [-0.25, -0.2) is 0 Å². The van der Waals surface area contributed by atoms with E-state index in [2.05, 4.69) is 20.1 Å². The van der Waals surface area contributed by atoms with Crippen LogP contribution in [0.2, 0.25) is 0 Å². The van der Waals surface area contributed by atoms with Crippen molar-refractivity contribution in [2.75, 3.05) is 0 Å². The average Bonchev–Trinajstić information content (AvgIpc) is 2.06. The zero-order valence-electron chi connectivity index (χ0n) is 10.1. The first kappa shape index (κ1) is 18.3. The van der Waals surface area contributed by atoms with Crippen molar-refractivity contribution in [2.45, 2.75) is 59.8 Å². The number of hydrogen-bond acceptors (Lipinski definition) is 0. The standard InChI is InChI=1S/2C4H8.C3H6.C2H6/c1-2-4-3-1;1-3-4-2;1-3-2;1-2/h1-4H2;3H,1,4H2,2H3;3H,1H2,2H3;1-2H3. The van der Waals surface area contributed by atoms with E-state index >= 15 is 0 Å². The monoisotopic (exact) mass is 184 g/mol. The van der Waals surface area contributed by atoms with Gasteiger partial charge in [-0.2, -0.15) is 0 Å². The first-order valence-corrected chi connectivity index (χ1v) is 5.51. The molecule has 13 heavy (non-hydrogen) atoms. The van der Waals surface area contributed by atoms with Crippen molar-refractivity contribution in [3.8, 4) is 0 Å². The topological polar surface area (TPSA) is 0 Å². The van der Waals surface area contributed by atoms with E-state index in [0.717, 1.165) is 6.42 Å². The number of allylic oxidation sites excluding steroid dienone is 2. The maximum atomic E-state index is 3.48. The molecule has 1 rings (SSSR count). The van der Waals surface area contributed by atoms with Gasteiger partial charge in [0.1, 0.15) is 0 Å². The second kappa shape index (κ2) is 30.0. The SMILES string of the molecule is C1CCC1.C=CC.C=CCC.CC. The van der Waals surface area contributed by atoms with Gasteiger partial charge in [0.2, 0.25) is 0 Å². The molecule has 0 aliphatic heterocycles. The van der Waals surface area contributed by atoms with Crippen LogP contribution in [0.15, 0.2) is 25.3 Å². The quantitative estimate of drug-likeness (QED) is 0.481. The van der Waals surface area contributed by atoms with Crippen LogP contribution in [-0.2, 0) is 0 Å². The summed E-state index contributed by atoms with van der Waals surface area (Å²) in [4.78, 5) is 0. The van der Waals surface area contributed by atoms with Crippen LogP contribution >= 0.6 is 0 Å². The fourth-order valence-electron chi connectivity index (χ4n) is 0.250. The highest BCUT2D eigenvalue weighted by atomic mass is 14.0. The van der Waals surface area contributed by atoms with Gasteiger partial charge < -0.3 is 0 Å². The summed E-state index contributed by atoms with van der Waals surface area (Å²) >= 11 is 0. The Morgan fingerprint density at radius 2 is 1.15 bits per heavy atom. The third-order valence-corrected chi connectivity index (χ3v) is 1.29. The van der Waals surface area contributed by atoms with Gasteiger partial charge in [0, 0.05) is 0 Å². The molecule has 1 aliphatic rings. The highest BCUT2D eigenvalue weighted by Crippen LogP contribution is 2.15. The minimum Gasteiger partial charge on any atom is -0.103 e. The van der Waals surface area contributed by atoms with E-state index in [9.17, 15) is 0 Å². The summed E-state index contributed by atoms with van der Waals surface area (Å²) in [5.74, 6) is 0. The van der Waals surface area contributed by atoms with Gasteiger partial charge in [-0.15, -0.1) is 13.2 Å². The molecule has 0 spiro atoms. The van der Waals surface area contributed by atoms with Crippen LogP contribution in [0.25, 0.3) is 0 Å². The Kier molecular flexibility index (Phi) is 42.3. The van der Waals surface area contributed by atoms with Crippen molar-refractivity contribution in [3.63, 3.8) is 0 Å². The molecule has 0 bridgehead atoms. The normalized spacial score (nSPS) is 10.8. The molecule has 0 amide bonds. The maximum Gasteiger partial charge on any atom is -0.0382 e. The molecule has 1 saturated carbocycles. The summed E-state index contributed by atoms with van der Waals surface area (Å²) in [6.45, 7) is 14.8. The van der Waals surface area contributed by atoms with E-state index in [4.69, 9.17) is 0 Å². The van der Waals surface area contributed by atoms with Gasteiger partial charge in [-0.05, 0) is 13.3 Å². The highest BCUT2D eigenvalue weighted by molar-refractivity contribution is 4.60. The molecule has 80 valence electrons. The minimum absolute atomic E-state index is 1.08. The van der Waals surface area contributed by atoms with E-state index in [1.807, 2.05) is 26.8 Å². The lowest BCUT2D eigenvalue weighted by Gasteiger charge is -2.05. The summed E-state index contributed by atoms with van der Waals surface area (Å²) in [6.07, 6.45) is 10.7. The van der Waals surface area contributed by atoms with Gasteiger partial charge in [0.25, 0.3) is 0 Å². The predicted octanol–water partition coefficient (Wildman–Crippen LogP) is 5.36. The van der Waals surface area contributed by atoms with Crippen LogP contribution in [0.1, 0.15) is 59.8 Å². The Balaban J connectivity index is -0.000000107. The molecule has 0 N–H and O–H groups in total. The lowest BCUT2D eigenvalue weighted by Crippen LogP contribution is -1.85. The molecule has 0 heterocycles. The minimum atomic E-state index is 1.08. The van der Waals surface area contributed by atoms with Crippen LogP contribution in [0.5, 0.6) is 0 Å². The first-order valence-electron chi connectivity index (χ1n) is 5.51. The fraction of sp³-hybridized carbons (Fsp3) is 0.692. The van der Waals surface area contributed by atoms with Crippen molar-refractivity contribution in [1.29, 1.82) is 0 Å². The summed E-state index contributed by atoms with van der Waals surface area (Å²) in [5.41, 5.74) is 0. The molecule has 0 saturated heterocycles. The lowest BCUT2D eigenvalue weighted by molar-refractivity contribution is 0.504. The first-order chi connectivity index (χ1) is 6.33. The van der Waals surface area contributed by atoms with Crippen LogP contribution in [0.3, 0.4) is 0 Å². The molecular weight excluding hydrogens is 156 g/mol. The Hall–Kier alpha value is -0.520. The highest BCUT2D eigenvalue weighted by Gasteiger charge is 1.95. The van der Waals surface area contributed by atoms with Crippen LogP contribution in [0, 0.1) is 0 Å². The van der Waals surface area contributed by atoms with Gasteiger partial charge in [-0.1, -0.05) is 58.6 Å². The van der Waals surface area contributed by atoms with Crippen LogP contribution < -0.4 is 0 Å². The predicted molar refractivity (Wildman–Crippen MR) is 66.2 cm³/mol. The van der Waals surface area contributed by atoms with Crippen LogP contribution in [0.4, 0.5) is 0 Å². The molecule has 0 aromatic heterocycles. The van der Waals surface area contributed by atoms with Gasteiger partial charge in [-0.3, -0.25) is 0 Å². The van der Waals surface area contributed by atoms with Gasteiger partial charge >= 0.3 is 0 Å². The summed E-state index contributed by atoms with van der Waals surface area (Å²) < 4.78 is 0. The fourth-order valence-corrected chi connectivity index (χ4v) is 0.250.